The van der Waals surface area contributed by atoms with Crippen molar-refractivity contribution >= 4 is 11.6 Å². The highest BCUT2D eigenvalue weighted by Crippen LogP contribution is 2.71. The number of amides is 1. The van der Waals surface area contributed by atoms with Crippen molar-refractivity contribution in [2.24, 2.45) is 23.7 Å². The van der Waals surface area contributed by atoms with E-state index < -0.39 is 11.8 Å². The first-order valence-electron chi connectivity index (χ1n) is 9.98. The van der Waals surface area contributed by atoms with E-state index in [0.29, 0.717) is 0 Å². The van der Waals surface area contributed by atoms with E-state index in [9.17, 15) is 9.90 Å². The Balaban J connectivity index is 1.59. The van der Waals surface area contributed by atoms with Crippen LogP contribution in [0.3, 0.4) is 0 Å². The molecule has 2 aliphatic heterocycles. The molecular formula is C23H23NO4. The van der Waals surface area contributed by atoms with Gasteiger partial charge in [-0.2, -0.15) is 0 Å². The van der Waals surface area contributed by atoms with E-state index >= 15 is 0 Å². The summed E-state index contributed by atoms with van der Waals surface area (Å²) >= 11 is 0. The fourth-order valence-electron chi connectivity index (χ4n) is 6.49. The van der Waals surface area contributed by atoms with Crippen LogP contribution >= 0.6 is 0 Å². The number of para-hydroxylation sites is 1. The van der Waals surface area contributed by atoms with Gasteiger partial charge in [0, 0.05) is 17.2 Å². The topological polar surface area (TPSA) is 59.0 Å². The molecule has 6 rings (SSSR count). The van der Waals surface area contributed by atoms with Crippen LogP contribution in [-0.4, -0.2) is 30.3 Å². The minimum Gasteiger partial charge on any atom is -0.497 e. The summed E-state index contributed by atoms with van der Waals surface area (Å²) in [5, 5.41) is 10.8. The highest BCUT2D eigenvalue weighted by atomic mass is 16.6. The third-order valence-corrected chi connectivity index (χ3v) is 7.52. The molecule has 2 aliphatic carbocycles. The third kappa shape index (κ3) is 1.73. The molecule has 0 aromatic heterocycles. The summed E-state index contributed by atoms with van der Waals surface area (Å²) in [4.78, 5) is 15.6. The van der Waals surface area contributed by atoms with Gasteiger partial charge in [-0.15, -0.1) is 0 Å². The molecule has 0 spiro atoms. The van der Waals surface area contributed by atoms with Gasteiger partial charge in [-0.1, -0.05) is 30.3 Å². The zero-order valence-corrected chi connectivity index (χ0v) is 15.9. The van der Waals surface area contributed by atoms with Crippen molar-refractivity contribution in [1.82, 2.24) is 0 Å². The van der Waals surface area contributed by atoms with Gasteiger partial charge in [-0.3, -0.25) is 9.69 Å². The van der Waals surface area contributed by atoms with Gasteiger partial charge in [0.1, 0.15) is 5.75 Å². The standard InChI is InChI=1S/C23H23NO4/c1-12-5-3-4-6-17(12)24-22(26)18-15-11-16-19(18)23(24,28-21(16)20(15)25)13-7-9-14(27-2)10-8-13/h3-10,15-16,18-21,25H,11H2,1-2H3. The number of carbonyl (C=O) groups is 1. The number of methoxy groups -OCH3 is 1. The number of benzene rings is 2. The fraction of sp³-hybridized carbons (Fsp3) is 0.435. The Morgan fingerprint density at radius 1 is 1.14 bits per heavy atom. The molecule has 5 heteroatoms. The van der Waals surface area contributed by atoms with E-state index in [-0.39, 0.29) is 35.7 Å². The normalized spacial score (nSPS) is 39.8. The predicted octanol–water partition coefficient (Wildman–Crippen LogP) is 2.85. The van der Waals surface area contributed by atoms with Gasteiger partial charge in [-0.05, 0) is 48.9 Å². The molecule has 4 fully saturated rings. The van der Waals surface area contributed by atoms with Gasteiger partial charge in [0.05, 0.1) is 25.2 Å². The van der Waals surface area contributed by atoms with Crippen molar-refractivity contribution in [3.63, 3.8) is 0 Å². The minimum atomic E-state index is -0.859. The summed E-state index contributed by atoms with van der Waals surface area (Å²) in [6, 6.07) is 15.8. The number of anilines is 1. The number of hydrogen-bond acceptors (Lipinski definition) is 4. The summed E-state index contributed by atoms with van der Waals surface area (Å²) in [6.07, 6.45) is 0.134. The average molecular weight is 377 g/mol. The second-order valence-corrected chi connectivity index (χ2v) is 8.57. The van der Waals surface area contributed by atoms with Crippen LogP contribution < -0.4 is 9.64 Å². The van der Waals surface area contributed by atoms with E-state index in [2.05, 4.69) is 0 Å². The number of rotatable bonds is 3. The van der Waals surface area contributed by atoms with Crippen molar-refractivity contribution in [2.45, 2.75) is 31.3 Å². The van der Waals surface area contributed by atoms with Gasteiger partial charge in [0.25, 0.3) is 0 Å². The maximum Gasteiger partial charge on any atom is 0.233 e. The van der Waals surface area contributed by atoms with Gasteiger partial charge in [0.2, 0.25) is 5.91 Å². The Bertz CT molecular complexity index is 973. The molecule has 7 unspecified atom stereocenters. The molecule has 2 aromatic carbocycles. The highest BCUT2D eigenvalue weighted by Gasteiger charge is 2.79. The zero-order valence-electron chi connectivity index (χ0n) is 15.9. The molecule has 1 N–H and O–H groups in total. The zero-order chi connectivity index (χ0) is 19.2. The molecule has 2 aromatic rings. The largest absolute Gasteiger partial charge is 0.497 e. The summed E-state index contributed by atoms with van der Waals surface area (Å²) in [7, 11) is 1.65. The van der Waals surface area contributed by atoms with Crippen LogP contribution in [0.15, 0.2) is 48.5 Å². The Hall–Kier alpha value is -2.37. The second kappa shape index (κ2) is 5.37. The number of aliphatic hydroxyl groups is 1. The van der Waals surface area contributed by atoms with Crippen LogP contribution in [-0.2, 0) is 15.3 Å². The lowest BCUT2D eigenvalue weighted by atomic mass is 9.75. The molecule has 28 heavy (non-hydrogen) atoms. The molecule has 5 nitrogen and oxygen atoms in total. The van der Waals surface area contributed by atoms with Crippen LogP contribution in [0.25, 0.3) is 0 Å². The van der Waals surface area contributed by atoms with Crippen molar-refractivity contribution < 1.29 is 19.4 Å². The number of hydrogen-bond donors (Lipinski definition) is 1. The van der Waals surface area contributed by atoms with E-state index in [1.165, 1.54) is 0 Å². The summed E-state index contributed by atoms with van der Waals surface area (Å²) in [5.41, 5.74) is 2.04. The number of nitrogens with zero attached hydrogens (tertiary/aromatic N) is 1. The first kappa shape index (κ1) is 16.6. The van der Waals surface area contributed by atoms with Crippen molar-refractivity contribution in [3.8, 4) is 5.75 Å². The summed E-state index contributed by atoms with van der Waals surface area (Å²) in [6.45, 7) is 2.03. The van der Waals surface area contributed by atoms with E-state index in [0.717, 1.165) is 29.0 Å². The third-order valence-electron chi connectivity index (χ3n) is 7.52. The van der Waals surface area contributed by atoms with Crippen LogP contribution in [0, 0.1) is 30.6 Å². The Labute approximate surface area is 163 Å². The molecule has 2 saturated carbocycles. The number of aliphatic hydroxyl groups excluding tert-OH is 1. The van der Waals surface area contributed by atoms with Gasteiger partial charge < -0.3 is 14.6 Å². The van der Waals surface area contributed by atoms with Gasteiger partial charge in [0.15, 0.2) is 5.72 Å². The molecule has 2 heterocycles. The molecule has 2 bridgehead atoms. The Kier molecular flexibility index (Phi) is 3.18. The van der Waals surface area contributed by atoms with Gasteiger partial charge in [-0.25, -0.2) is 0 Å². The average Bonchev–Trinajstić information content (AvgIpc) is 3.38. The second-order valence-electron chi connectivity index (χ2n) is 8.57. The van der Waals surface area contributed by atoms with Crippen LogP contribution in [0.4, 0.5) is 5.69 Å². The Morgan fingerprint density at radius 2 is 1.89 bits per heavy atom. The smallest absolute Gasteiger partial charge is 0.233 e. The lowest BCUT2D eigenvalue weighted by Crippen LogP contribution is -2.49. The summed E-state index contributed by atoms with van der Waals surface area (Å²) in [5.74, 6) is 0.979. The number of fused-ring (bicyclic) bond motifs is 2. The Morgan fingerprint density at radius 3 is 2.61 bits per heavy atom. The maximum atomic E-state index is 13.7. The summed E-state index contributed by atoms with van der Waals surface area (Å²) < 4.78 is 12.0. The lowest BCUT2D eigenvalue weighted by molar-refractivity contribution is -0.133. The molecular weight excluding hydrogens is 354 g/mol. The monoisotopic (exact) mass is 377 g/mol. The molecule has 2 saturated heterocycles. The maximum absolute atomic E-state index is 13.7. The number of carbonyl (C=O) groups excluding carboxylic acids is 1. The van der Waals surface area contributed by atoms with Crippen molar-refractivity contribution in [2.75, 3.05) is 12.0 Å². The first-order chi connectivity index (χ1) is 13.6. The molecule has 1 amide bonds. The van der Waals surface area contributed by atoms with E-state index in [1.807, 2.05) is 60.4 Å². The van der Waals surface area contributed by atoms with Crippen LogP contribution in [0.2, 0.25) is 0 Å². The minimum absolute atomic E-state index is 0.00152. The quantitative estimate of drug-likeness (QED) is 0.894. The van der Waals surface area contributed by atoms with Crippen LogP contribution in [0.5, 0.6) is 5.75 Å². The SMILES string of the molecule is COc1ccc(C23OC4C(O)C5CC4C2C5C(=O)N3c2ccccc2C)cc1. The van der Waals surface area contributed by atoms with Crippen molar-refractivity contribution in [3.05, 3.63) is 59.7 Å². The molecule has 4 aliphatic rings. The molecule has 144 valence electrons. The van der Waals surface area contributed by atoms with E-state index in [1.54, 1.807) is 7.11 Å². The number of aryl methyl sites for hydroxylation is 1. The predicted molar refractivity (Wildman–Crippen MR) is 103 cm³/mol. The lowest BCUT2D eigenvalue weighted by Gasteiger charge is -2.40. The van der Waals surface area contributed by atoms with Gasteiger partial charge >= 0.3 is 0 Å². The van der Waals surface area contributed by atoms with E-state index in [4.69, 9.17) is 9.47 Å². The molecule has 7 atom stereocenters. The number of ether oxygens (including phenoxy) is 2. The molecule has 0 radical (unpaired) electrons. The first-order valence-corrected chi connectivity index (χ1v) is 9.98. The highest BCUT2D eigenvalue weighted by molar-refractivity contribution is 6.01. The van der Waals surface area contributed by atoms with Crippen molar-refractivity contribution in [1.29, 1.82) is 0 Å². The van der Waals surface area contributed by atoms with Crippen LogP contribution in [0.1, 0.15) is 17.5 Å². The fourth-order valence-corrected chi connectivity index (χ4v) is 6.49.